The Labute approximate surface area is 121 Å². The van der Waals surface area contributed by atoms with E-state index in [1.165, 1.54) is 25.8 Å². The SMILES string of the molecule is CCCCC[NH+]1CCN(c2ccccc2C(=O)[O-])CC1. The molecule has 1 aromatic carbocycles. The lowest BCUT2D eigenvalue weighted by atomic mass is 10.1. The lowest BCUT2D eigenvalue weighted by Gasteiger charge is -2.34. The fourth-order valence-electron chi connectivity index (χ4n) is 2.86. The van der Waals surface area contributed by atoms with Crippen LogP contribution in [0.15, 0.2) is 24.3 Å². The van der Waals surface area contributed by atoms with Crippen molar-refractivity contribution in [1.82, 2.24) is 0 Å². The van der Waals surface area contributed by atoms with Crippen LogP contribution in [-0.2, 0) is 0 Å². The number of hydrogen-bond donors (Lipinski definition) is 1. The van der Waals surface area contributed by atoms with Gasteiger partial charge in [0.25, 0.3) is 0 Å². The highest BCUT2D eigenvalue weighted by molar-refractivity contribution is 5.93. The molecular weight excluding hydrogens is 252 g/mol. The molecule has 0 bridgehead atoms. The van der Waals surface area contributed by atoms with Crippen molar-refractivity contribution < 1.29 is 14.8 Å². The minimum absolute atomic E-state index is 0.307. The zero-order chi connectivity index (χ0) is 14.4. The Morgan fingerprint density at radius 2 is 1.95 bits per heavy atom. The number of piperazine rings is 1. The van der Waals surface area contributed by atoms with E-state index in [0.29, 0.717) is 5.56 Å². The van der Waals surface area contributed by atoms with Crippen LogP contribution in [0, 0.1) is 0 Å². The summed E-state index contributed by atoms with van der Waals surface area (Å²) in [7, 11) is 0. The Hall–Kier alpha value is -1.55. The molecular formula is C16H24N2O2. The fraction of sp³-hybridized carbons (Fsp3) is 0.562. The second-order valence-corrected chi connectivity index (χ2v) is 5.50. The normalized spacial score (nSPS) is 16.4. The van der Waals surface area contributed by atoms with Crippen molar-refractivity contribution in [1.29, 1.82) is 0 Å². The minimum Gasteiger partial charge on any atom is -0.545 e. The molecule has 0 amide bonds. The molecule has 1 saturated heterocycles. The Kier molecular flexibility index (Phi) is 5.41. The number of unbranched alkanes of at least 4 members (excludes halogenated alkanes) is 2. The lowest BCUT2D eigenvalue weighted by Crippen LogP contribution is -3.14. The summed E-state index contributed by atoms with van der Waals surface area (Å²) in [5, 5.41) is 11.2. The van der Waals surface area contributed by atoms with Gasteiger partial charge in [-0.3, -0.25) is 0 Å². The van der Waals surface area contributed by atoms with Crippen LogP contribution in [0.25, 0.3) is 0 Å². The first kappa shape index (κ1) is 14.9. The molecule has 1 aliphatic heterocycles. The fourth-order valence-corrected chi connectivity index (χ4v) is 2.86. The number of hydrogen-bond acceptors (Lipinski definition) is 3. The van der Waals surface area contributed by atoms with Gasteiger partial charge < -0.3 is 19.7 Å². The number of benzene rings is 1. The molecule has 0 aromatic heterocycles. The second kappa shape index (κ2) is 7.29. The quantitative estimate of drug-likeness (QED) is 0.741. The number of nitrogens with zero attached hydrogens (tertiary/aromatic N) is 1. The van der Waals surface area contributed by atoms with Gasteiger partial charge in [-0.25, -0.2) is 0 Å². The molecule has 1 aliphatic rings. The number of carbonyl (C=O) groups is 1. The van der Waals surface area contributed by atoms with Crippen molar-refractivity contribution in [3.05, 3.63) is 29.8 Å². The van der Waals surface area contributed by atoms with Crippen molar-refractivity contribution in [2.45, 2.75) is 26.2 Å². The summed E-state index contributed by atoms with van der Waals surface area (Å²) in [4.78, 5) is 15.0. The van der Waals surface area contributed by atoms with E-state index < -0.39 is 5.97 Å². The summed E-state index contributed by atoms with van der Waals surface area (Å²) in [5.74, 6) is -1.08. The molecule has 1 heterocycles. The van der Waals surface area contributed by atoms with Gasteiger partial charge in [0.2, 0.25) is 0 Å². The van der Waals surface area contributed by atoms with Crippen LogP contribution in [0.5, 0.6) is 0 Å². The molecule has 0 saturated carbocycles. The lowest BCUT2D eigenvalue weighted by molar-refractivity contribution is -0.900. The van der Waals surface area contributed by atoms with Crippen molar-refractivity contribution in [3.63, 3.8) is 0 Å². The Morgan fingerprint density at radius 1 is 1.25 bits per heavy atom. The van der Waals surface area contributed by atoms with Crippen LogP contribution in [0.2, 0.25) is 0 Å². The predicted octanol–water partition coefficient (Wildman–Crippen LogP) is -0.0548. The number of anilines is 1. The van der Waals surface area contributed by atoms with E-state index in [2.05, 4.69) is 11.8 Å². The van der Waals surface area contributed by atoms with E-state index in [1.54, 1.807) is 17.0 Å². The summed E-state index contributed by atoms with van der Waals surface area (Å²) >= 11 is 0. The number of carboxylic acid groups (broad SMARTS) is 1. The standard InChI is InChI=1S/C16H24N2O2/c1-2-3-6-9-17-10-12-18(13-11-17)15-8-5-4-7-14(15)16(19)20/h4-5,7-8H,2-3,6,9-13H2,1H3,(H,19,20). The van der Waals surface area contributed by atoms with Crippen molar-refractivity contribution in [2.75, 3.05) is 37.6 Å². The molecule has 0 aliphatic carbocycles. The molecule has 0 spiro atoms. The van der Waals surface area contributed by atoms with E-state index in [4.69, 9.17) is 0 Å². The maximum absolute atomic E-state index is 11.2. The minimum atomic E-state index is -1.08. The van der Waals surface area contributed by atoms with Gasteiger partial charge in [-0.2, -0.15) is 0 Å². The zero-order valence-corrected chi connectivity index (χ0v) is 12.2. The molecule has 20 heavy (non-hydrogen) atoms. The predicted molar refractivity (Wildman–Crippen MR) is 78.1 cm³/mol. The highest BCUT2D eigenvalue weighted by Gasteiger charge is 2.21. The monoisotopic (exact) mass is 276 g/mol. The van der Waals surface area contributed by atoms with Gasteiger partial charge in [-0.1, -0.05) is 31.5 Å². The third kappa shape index (κ3) is 3.73. The van der Waals surface area contributed by atoms with Crippen LogP contribution >= 0.6 is 0 Å². The molecule has 110 valence electrons. The van der Waals surface area contributed by atoms with E-state index in [9.17, 15) is 9.90 Å². The number of quaternary nitrogens is 1. The van der Waals surface area contributed by atoms with Crippen molar-refractivity contribution in [2.24, 2.45) is 0 Å². The van der Waals surface area contributed by atoms with Gasteiger partial charge in [-0.05, 0) is 18.9 Å². The number of rotatable bonds is 6. The van der Waals surface area contributed by atoms with Crippen LogP contribution in [-0.4, -0.2) is 38.7 Å². The molecule has 4 heteroatoms. The topological polar surface area (TPSA) is 47.8 Å². The smallest absolute Gasteiger partial charge is 0.0949 e. The van der Waals surface area contributed by atoms with E-state index in [-0.39, 0.29) is 0 Å². The molecule has 0 radical (unpaired) electrons. The summed E-state index contributed by atoms with van der Waals surface area (Å²) in [6, 6.07) is 7.15. The maximum Gasteiger partial charge on any atom is 0.0949 e. The van der Waals surface area contributed by atoms with Gasteiger partial charge in [0, 0.05) is 11.3 Å². The number of carbonyl (C=O) groups excluding carboxylic acids is 1. The third-order valence-electron chi connectivity index (χ3n) is 4.07. The van der Waals surface area contributed by atoms with Crippen molar-refractivity contribution in [3.8, 4) is 0 Å². The van der Waals surface area contributed by atoms with Gasteiger partial charge >= 0.3 is 0 Å². The highest BCUT2D eigenvalue weighted by Crippen LogP contribution is 2.19. The van der Waals surface area contributed by atoms with E-state index >= 15 is 0 Å². The Bertz CT molecular complexity index is 440. The van der Waals surface area contributed by atoms with Gasteiger partial charge in [0.15, 0.2) is 0 Å². The molecule has 2 rings (SSSR count). The van der Waals surface area contributed by atoms with Gasteiger partial charge in [0.05, 0.1) is 38.7 Å². The largest absolute Gasteiger partial charge is 0.545 e. The average Bonchev–Trinajstić information content (AvgIpc) is 2.48. The Balaban J connectivity index is 1.92. The molecule has 0 atom stereocenters. The number of aromatic carboxylic acids is 1. The second-order valence-electron chi connectivity index (χ2n) is 5.50. The number of para-hydroxylation sites is 1. The molecule has 1 aromatic rings. The maximum atomic E-state index is 11.2. The first-order valence-electron chi connectivity index (χ1n) is 7.61. The summed E-state index contributed by atoms with van der Waals surface area (Å²) in [6.45, 7) is 7.49. The Morgan fingerprint density at radius 3 is 2.60 bits per heavy atom. The molecule has 1 fully saturated rings. The molecule has 1 N–H and O–H groups in total. The number of carboxylic acids is 1. The van der Waals surface area contributed by atoms with E-state index in [1.807, 2.05) is 12.1 Å². The van der Waals surface area contributed by atoms with Crippen LogP contribution in [0.1, 0.15) is 36.5 Å². The third-order valence-corrected chi connectivity index (χ3v) is 4.07. The summed E-state index contributed by atoms with van der Waals surface area (Å²) < 4.78 is 0. The van der Waals surface area contributed by atoms with Crippen molar-refractivity contribution >= 4 is 11.7 Å². The molecule has 0 unspecified atom stereocenters. The zero-order valence-electron chi connectivity index (χ0n) is 12.2. The summed E-state index contributed by atoms with van der Waals surface area (Å²) in [6.07, 6.45) is 3.86. The molecule has 4 nitrogen and oxygen atoms in total. The van der Waals surface area contributed by atoms with Gasteiger partial charge in [0.1, 0.15) is 0 Å². The van der Waals surface area contributed by atoms with Crippen LogP contribution in [0.4, 0.5) is 5.69 Å². The average molecular weight is 276 g/mol. The number of nitrogens with one attached hydrogen (secondary N) is 1. The first-order chi connectivity index (χ1) is 9.72. The van der Waals surface area contributed by atoms with E-state index in [0.717, 1.165) is 31.9 Å². The first-order valence-corrected chi connectivity index (χ1v) is 7.61. The van der Waals surface area contributed by atoms with Crippen LogP contribution < -0.4 is 14.9 Å². The van der Waals surface area contributed by atoms with Crippen LogP contribution in [0.3, 0.4) is 0 Å². The van der Waals surface area contributed by atoms with Gasteiger partial charge in [-0.15, -0.1) is 0 Å². The summed E-state index contributed by atoms with van der Waals surface area (Å²) in [5.41, 5.74) is 1.11. The highest BCUT2D eigenvalue weighted by atomic mass is 16.4.